The number of fused-ring (bicyclic) bond motifs is 1. The van der Waals surface area contributed by atoms with Crippen LogP contribution >= 0.6 is 0 Å². The molecule has 3 rings (SSSR count). The van der Waals surface area contributed by atoms with Gasteiger partial charge < -0.3 is 4.74 Å². The molecule has 0 fully saturated rings. The molecule has 0 saturated carbocycles. The van der Waals surface area contributed by atoms with Gasteiger partial charge in [0.2, 0.25) is 0 Å². The van der Waals surface area contributed by atoms with Crippen LogP contribution in [-0.4, -0.2) is 29.4 Å². The average molecular weight is 352 g/mol. The zero-order valence-electron chi connectivity index (χ0n) is 15.1. The maximum Gasteiger partial charge on any atom is 0.140 e. The second-order valence-electron chi connectivity index (χ2n) is 7.34. The molecule has 130 valence electrons. The Labute approximate surface area is 150 Å². The molecular weight excluding hydrogens is 326 g/mol. The molecule has 5 heteroatoms. The van der Waals surface area contributed by atoms with E-state index in [0.29, 0.717) is 6.73 Å². The summed E-state index contributed by atoms with van der Waals surface area (Å²) in [6, 6.07) is 15.3. The van der Waals surface area contributed by atoms with Crippen molar-refractivity contribution in [3.63, 3.8) is 0 Å². The molecule has 0 amide bonds. The molecule has 0 unspecified atom stereocenters. The predicted octanol–water partition coefficient (Wildman–Crippen LogP) is 4.91. The fourth-order valence-corrected chi connectivity index (χ4v) is 3.30. The maximum atomic E-state index is 5.88. The number of hydrogen-bond acceptors (Lipinski definition) is 3. The van der Waals surface area contributed by atoms with Crippen LogP contribution in [-0.2, 0) is 11.5 Å². The fraction of sp³-hybridized carbons (Fsp3) is 0.300. The van der Waals surface area contributed by atoms with Crippen molar-refractivity contribution in [2.75, 3.05) is 6.61 Å². The Bertz CT molecular complexity index is 850. The predicted molar refractivity (Wildman–Crippen MR) is 107 cm³/mol. The summed E-state index contributed by atoms with van der Waals surface area (Å²) in [6.45, 7) is 8.37. The van der Waals surface area contributed by atoms with Crippen LogP contribution in [0.2, 0.25) is 25.7 Å². The molecule has 0 spiro atoms. The van der Waals surface area contributed by atoms with E-state index in [2.05, 4.69) is 36.8 Å². The summed E-state index contributed by atoms with van der Waals surface area (Å²) in [4.78, 5) is 4.32. The highest BCUT2D eigenvalue weighted by Crippen LogP contribution is 2.20. The Morgan fingerprint density at radius 2 is 1.84 bits per heavy atom. The van der Waals surface area contributed by atoms with Gasteiger partial charge in [0.15, 0.2) is 0 Å². The molecule has 0 saturated heterocycles. The Balaban J connectivity index is 1.77. The zero-order valence-corrected chi connectivity index (χ0v) is 16.1. The minimum absolute atomic E-state index is 0.489. The number of ether oxygens (including phenoxy) is 1. The van der Waals surface area contributed by atoms with Gasteiger partial charge in [-0.15, -0.1) is 0 Å². The highest BCUT2D eigenvalue weighted by Gasteiger charge is 2.13. The van der Waals surface area contributed by atoms with Gasteiger partial charge in [0.05, 0.1) is 16.9 Å². The van der Waals surface area contributed by atoms with Gasteiger partial charge in [-0.1, -0.05) is 43.9 Å². The van der Waals surface area contributed by atoms with Crippen molar-refractivity contribution in [1.82, 2.24) is 14.8 Å². The minimum Gasteiger partial charge on any atom is -0.360 e. The molecule has 0 aliphatic rings. The van der Waals surface area contributed by atoms with Crippen molar-refractivity contribution in [2.24, 2.45) is 0 Å². The SMILES string of the molecule is C[Si](C)(C)CCOCn1nc(/C=C/c2ccccn2)c2ccccc21. The van der Waals surface area contributed by atoms with Crippen molar-refractivity contribution in [3.8, 4) is 0 Å². The van der Waals surface area contributed by atoms with Crippen LogP contribution < -0.4 is 0 Å². The summed E-state index contributed by atoms with van der Waals surface area (Å²) in [7, 11) is -1.07. The normalized spacial score (nSPS) is 12.3. The lowest BCUT2D eigenvalue weighted by Gasteiger charge is -2.15. The summed E-state index contributed by atoms with van der Waals surface area (Å²) < 4.78 is 7.82. The number of hydrogen-bond donors (Lipinski definition) is 0. The third-order valence-electron chi connectivity index (χ3n) is 4.00. The van der Waals surface area contributed by atoms with E-state index in [9.17, 15) is 0 Å². The van der Waals surface area contributed by atoms with Crippen molar-refractivity contribution in [1.29, 1.82) is 0 Å². The summed E-state index contributed by atoms with van der Waals surface area (Å²) in [5.74, 6) is 0. The molecular formula is C20H25N3OSi. The van der Waals surface area contributed by atoms with Crippen molar-refractivity contribution in [2.45, 2.75) is 32.4 Å². The second-order valence-corrected chi connectivity index (χ2v) is 13.0. The molecule has 0 radical (unpaired) electrons. The highest BCUT2D eigenvalue weighted by atomic mass is 28.3. The smallest absolute Gasteiger partial charge is 0.140 e. The molecule has 3 aromatic rings. The molecule has 1 aromatic carbocycles. The Morgan fingerprint density at radius 3 is 2.60 bits per heavy atom. The standard InChI is InChI=1S/C20H25N3OSi/c1-25(2,3)15-14-24-16-23-20-10-5-4-9-18(20)19(22-23)12-11-17-8-6-7-13-21-17/h4-13H,14-16H2,1-3H3/b12-11+. The lowest BCUT2D eigenvalue weighted by Crippen LogP contribution is -2.22. The molecule has 0 aliphatic carbocycles. The van der Waals surface area contributed by atoms with Gasteiger partial charge in [-0.05, 0) is 36.4 Å². The average Bonchev–Trinajstić information content (AvgIpc) is 2.95. The van der Waals surface area contributed by atoms with E-state index in [-0.39, 0.29) is 0 Å². The Morgan fingerprint density at radius 1 is 1.04 bits per heavy atom. The number of pyridine rings is 1. The first-order valence-corrected chi connectivity index (χ1v) is 12.4. The molecule has 25 heavy (non-hydrogen) atoms. The summed E-state index contributed by atoms with van der Waals surface area (Å²) >= 11 is 0. The van der Waals surface area contributed by atoms with Gasteiger partial charge in [0, 0.05) is 26.3 Å². The van der Waals surface area contributed by atoms with Gasteiger partial charge in [-0.25, -0.2) is 4.68 Å². The van der Waals surface area contributed by atoms with Crippen molar-refractivity contribution < 1.29 is 4.74 Å². The van der Waals surface area contributed by atoms with E-state index >= 15 is 0 Å². The summed E-state index contributed by atoms with van der Waals surface area (Å²) in [5.41, 5.74) is 2.96. The monoisotopic (exact) mass is 351 g/mol. The molecule has 2 heterocycles. The van der Waals surface area contributed by atoms with E-state index in [1.54, 1.807) is 6.20 Å². The van der Waals surface area contributed by atoms with E-state index in [1.807, 2.05) is 47.2 Å². The molecule has 0 bridgehead atoms. The first-order chi connectivity index (χ1) is 12.0. The summed E-state index contributed by atoms with van der Waals surface area (Å²) in [6.07, 6.45) is 5.80. The lowest BCUT2D eigenvalue weighted by molar-refractivity contribution is 0.0816. The van der Waals surface area contributed by atoms with Crippen LogP contribution in [0.3, 0.4) is 0 Å². The minimum atomic E-state index is -1.07. The Kier molecular flexibility index (Phi) is 5.46. The number of para-hydroxylation sites is 1. The number of aromatic nitrogens is 3. The third kappa shape index (κ3) is 4.87. The Hall–Kier alpha value is -2.24. The van der Waals surface area contributed by atoms with Crippen LogP contribution in [0.5, 0.6) is 0 Å². The highest BCUT2D eigenvalue weighted by molar-refractivity contribution is 6.76. The zero-order chi connectivity index (χ0) is 17.7. The summed E-state index contributed by atoms with van der Waals surface area (Å²) in [5, 5.41) is 5.86. The van der Waals surface area contributed by atoms with Gasteiger partial charge in [-0.2, -0.15) is 5.10 Å². The number of nitrogens with zero attached hydrogens (tertiary/aromatic N) is 3. The van der Waals surface area contributed by atoms with Crippen LogP contribution in [0.1, 0.15) is 11.4 Å². The third-order valence-corrected chi connectivity index (χ3v) is 5.70. The van der Waals surface area contributed by atoms with E-state index < -0.39 is 8.07 Å². The quantitative estimate of drug-likeness (QED) is 0.448. The first kappa shape index (κ1) is 17.6. The van der Waals surface area contributed by atoms with Crippen molar-refractivity contribution >= 4 is 31.1 Å². The number of rotatable bonds is 7. The maximum absolute atomic E-state index is 5.88. The van der Waals surface area contributed by atoms with Crippen LogP contribution in [0.15, 0.2) is 48.7 Å². The molecule has 4 nitrogen and oxygen atoms in total. The van der Waals surface area contributed by atoms with Crippen molar-refractivity contribution in [3.05, 3.63) is 60.0 Å². The largest absolute Gasteiger partial charge is 0.360 e. The fourth-order valence-electron chi connectivity index (χ4n) is 2.54. The molecule has 0 atom stereocenters. The topological polar surface area (TPSA) is 39.9 Å². The van der Waals surface area contributed by atoms with Gasteiger partial charge in [0.25, 0.3) is 0 Å². The van der Waals surface area contributed by atoms with Crippen LogP contribution in [0.25, 0.3) is 23.1 Å². The van der Waals surface area contributed by atoms with E-state index in [1.165, 1.54) is 6.04 Å². The van der Waals surface area contributed by atoms with Gasteiger partial charge >= 0.3 is 0 Å². The molecule has 0 N–H and O–H groups in total. The van der Waals surface area contributed by atoms with Gasteiger partial charge in [0.1, 0.15) is 6.73 Å². The molecule has 0 aliphatic heterocycles. The van der Waals surface area contributed by atoms with E-state index in [0.717, 1.165) is 28.9 Å². The van der Waals surface area contributed by atoms with Crippen LogP contribution in [0, 0.1) is 0 Å². The van der Waals surface area contributed by atoms with Crippen LogP contribution in [0.4, 0.5) is 0 Å². The van der Waals surface area contributed by atoms with E-state index in [4.69, 9.17) is 9.84 Å². The first-order valence-electron chi connectivity index (χ1n) is 8.65. The lowest BCUT2D eigenvalue weighted by atomic mass is 10.2. The number of benzene rings is 1. The van der Waals surface area contributed by atoms with Gasteiger partial charge in [-0.3, -0.25) is 4.98 Å². The molecule has 2 aromatic heterocycles. The second kappa shape index (κ2) is 7.76.